The topological polar surface area (TPSA) is 87.0 Å². The average Bonchev–Trinajstić information content (AvgIpc) is 2.73. The molecular weight excluding hydrogens is 340 g/mol. The van der Waals surface area contributed by atoms with Gasteiger partial charge in [0.25, 0.3) is 5.91 Å². The number of carbonyl (C=O) groups excluding carboxylic acids is 1. The van der Waals surface area contributed by atoms with E-state index < -0.39 is 0 Å². The molecule has 6 nitrogen and oxygen atoms in total. The number of carbonyl (C=O) groups is 1. The van der Waals surface area contributed by atoms with Gasteiger partial charge in [0.1, 0.15) is 0 Å². The lowest BCUT2D eigenvalue weighted by Gasteiger charge is -2.12. The summed E-state index contributed by atoms with van der Waals surface area (Å²) in [6, 6.07) is 20.1. The van der Waals surface area contributed by atoms with E-state index in [1.54, 1.807) is 48.8 Å². The van der Waals surface area contributed by atoms with Crippen LogP contribution in [0, 0.1) is 11.3 Å². The average molecular weight is 358 g/mol. The van der Waals surface area contributed by atoms with Gasteiger partial charge < -0.3 is 5.32 Å². The lowest BCUT2D eigenvalue weighted by Crippen LogP contribution is -2.24. The first kappa shape index (κ1) is 18.1. The maximum absolute atomic E-state index is 12.4. The lowest BCUT2D eigenvalue weighted by atomic mass is 10.1. The molecule has 0 saturated heterocycles. The molecule has 134 valence electrons. The van der Waals surface area contributed by atoms with E-state index in [-0.39, 0.29) is 12.5 Å². The molecular formula is C21H18N4O2. The number of nitrogens with zero attached hydrogens (tertiary/aromatic N) is 2. The summed E-state index contributed by atoms with van der Waals surface area (Å²) >= 11 is 0. The molecule has 0 radical (unpaired) electrons. The summed E-state index contributed by atoms with van der Waals surface area (Å²) in [5.74, 6) is -0.332. The van der Waals surface area contributed by atoms with Crippen molar-refractivity contribution >= 4 is 11.6 Å². The standard InChI is InChI=1S/C21H18N4O2/c22-13-16-5-7-18(8-6-16)15-27-25-21(26)19-3-1-2-4-20(19)24-14-17-9-11-23-12-10-17/h1-12,24H,14-15H2,(H,25,26). The highest BCUT2D eigenvalue weighted by molar-refractivity contribution is 5.98. The summed E-state index contributed by atoms with van der Waals surface area (Å²) < 4.78 is 0. The number of pyridine rings is 1. The molecule has 6 heteroatoms. The van der Waals surface area contributed by atoms with E-state index in [2.05, 4.69) is 21.9 Å². The number of aromatic nitrogens is 1. The summed E-state index contributed by atoms with van der Waals surface area (Å²) in [5.41, 5.74) is 6.18. The smallest absolute Gasteiger partial charge is 0.276 e. The van der Waals surface area contributed by atoms with Gasteiger partial charge in [0.2, 0.25) is 0 Å². The fourth-order valence-electron chi connectivity index (χ4n) is 2.45. The van der Waals surface area contributed by atoms with E-state index in [9.17, 15) is 4.79 Å². The van der Waals surface area contributed by atoms with Crippen LogP contribution in [0.1, 0.15) is 27.0 Å². The van der Waals surface area contributed by atoms with Crippen LogP contribution in [0.3, 0.4) is 0 Å². The first-order chi connectivity index (χ1) is 13.3. The zero-order chi connectivity index (χ0) is 18.9. The van der Waals surface area contributed by atoms with Gasteiger partial charge in [-0.05, 0) is 47.5 Å². The second-order valence-corrected chi connectivity index (χ2v) is 5.78. The maximum Gasteiger partial charge on any atom is 0.276 e. The summed E-state index contributed by atoms with van der Waals surface area (Å²) in [6.45, 7) is 0.795. The summed E-state index contributed by atoms with van der Waals surface area (Å²) in [4.78, 5) is 21.7. The van der Waals surface area contributed by atoms with Crippen LogP contribution in [0.4, 0.5) is 5.69 Å². The molecule has 0 aliphatic carbocycles. The number of hydrogen-bond acceptors (Lipinski definition) is 5. The van der Waals surface area contributed by atoms with Crippen LogP contribution in [-0.4, -0.2) is 10.9 Å². The number of nitriles is 1. The number of hydroxylamine groups is 1. The third-order valence-corrected chi connectivity index (χ3v) is 3.89. The van der Waals surface area contributed by atoms with Gasteiger partial charge in [0, 0.05) is 24.6 Å². The minimum absolute atomic E-state index is 0.212. The van der Waals surface area contributed by atoms with E-state index in [1.807, 2.05) is 24.3 Å². The molecule has 1 heterocycles. The van der Waals surface area contributed by atoms with Crippen molar-refractivity contribution in [1.29, 1.82) is 5.26 Å². The molecule has 1 amide bonds. The van der Waals surface area contributed by atoms with Crippen molar-refractivity contribution in [3.05, 3.63) is 95.3 Å². The van der Waals surface area contributed by atoms with Crippen LogP contribution >= 0.6 is 0 Å². The van der Waals surface area contributed by atoms with Crippen molar-refractivity contribution in [3.8, 4) is 6.07 Å². The Kier molecular flexibility index (Phi) is 6.13. The Labute approximate surface area is 157 Å². The van der Waals surface area contributed by atoms with Gasteiger partial charge in [0.05, 0.1) is 23.8 Å². The SMILES string of the molecule is N#Cc1ccc(CONC(=O)c2ccccc2NCc2ccncc2)cc1. The Morgan fingerprint density at radius 1 is 1.00 bits per heavy atom. The highest BCUT2D eigenvalue weighted by atomic mass is 16.6. The quantitative estimate of drug-likeness (QED) is 0.632. The molecule has 2 N–H and O–H groups in total. The predicted molar refractivity (Wildman–Crippen MR) is 101 cm³/mol. The molecule has 0 spiro atoms. The Morgan fingerprint density at radius 2 is 1.74 bits per heavy atom. The summed E-state index contributed by atoms with van der Waals surface area (Å²) in [6.07, 6.45) is 3.46. The molecule has 0 bridgehead atoms. The van der Waals surface area contributed by atoms with Crippen LogP contribution in [-0.2, 0) is 18.0 Å². The number of benzene rings is 2. The van der Waals surface area contributed by atoms with Crippen LogP contribution in [0.25, 0.3) is 0 Å². The fraction of sp³-hybridized carbons (Fsp3) is 0.0952. The highest BCUT2D eigenvalue weighted by Gasteiger charge is 2.11. The number of para-hydroxylation sites is 1. The fourth-order valence-corrected chi connectivity index (χ4v) is 2.45. The maximum atomic E-state index is 12.4. The Bertz CT molecular complexity index is 934. The third kappa shape index (κ3) is 5.14. The summed E-state index contributed by atoms with van der Waals surface area (Å²) in [5, 5.41) is 12.1. The van der Waals surface area contributed by atoms with E-state index >= 15 is 0 Å². The van der Waals surface area contributed by atoms with Crippen molar-refractivity contribution in [2.45, 2.75) is 13.2 Å². The second kappa shape index (κ2) is 9.13. The molecule has 27 heavy (non-hydrogen) atoms. The number of anilines is 1. The molecule has 0 unspecified atom stereocenters. The first-order valence-electron chi connectivity index (χ1n) is 8.39. The van der Waals surface area contributed by atoms with Crippen molar-refractivity contribution < 1.29 is 9.63 Å². The van der Waals surface area contributed by atoms with Crippen LogP contribution < -0.4 is 10.8 Å². The van der Waals surface area contributed by atoms with E-state index in [1.165, 1.54) is 0 Å². The molecule has 0 saturated carbocycles. The van der Waals surface area contributed by atoms with E-state index in [4.69, 9.17) is 10.1 Å². The van der Waals surface area contributed by atoms with Crippen LogP contribution in [0.5, 0.6) is 0 Å². The van der Waals surface area contributed by atoms with Crippen molar-refractivity contribution in [1.82, 2.24) is 10.5 Å². The first-order valence-corrected chi connectivity index (χ1v) is 8.39. The number of nitrogens with one attached hydrogen (secondary N) is 2. The molecule has 0 aliphatic heterocycles. The molecule has 0 aliphatic rings. The molecule has 0 fully saturated rings. The lowest BCUT2D eigenvalue weighted by molar-refractivity contribution is 0.0234. The van der Waals surface area contributed by atoms with Crippen molar-refractivity contribution in [2.24, 2.45) is 0 Å². The van der Waals surface area contributed by atoms with Crippen LogP contribution in [0.15, 0.2) is 73.1 Å². The minimum atomic E-state index is -0.332. The number of hydrogen-bond donors (Lipinski definition) is 2. The van der Waals surface area contributed by atoms with E-state index in [0.717, 1.165) is 11.1 Å². The summed E-state index contributed by atoms with van der Waals surface area (Å²) in [7, 11) is 0. The number of amides is 1. The van der Waals surface area contributed by atoms with Gasteiger partial charge >= 0.3 is 0 Å². The molecule has 3 rings (SSSR count). The van der Waals surface area contributed by atoms with Gasteiger partial charge in [-0.3, -0.25) is 14.6 Å². The zero-order valence-corrected chi connectivity index (χ0v) is 14.6. The highest BCUT2D eigenvalue weighted by Crippen LogP contribution is 2.16. The molecule has 1 aromatic heterocycles. The monoisotopic (exact) mass is 358 g/mol. The number of rotatable bonds is 7. The van der Waals surface area contributed by atoms with E-state index in [0.29, 0.717) is 23.4 Å². The van der Waals surface area contributed by atoms with Crippen molar-refractivity contribution in [2.75, 3.05) is 5.32 Å². The minimum Gasteiger partial charge on any atom is -0.380 e. The van der Waals surface area contributed by atoms with Crippen LogP contribution in [0.2, 0.25) is 0 Å². The molecule has 2 aromatic carbocycles. The second-order valence-electron chi connectivity index (χ2n) is 5.78. The van der Waals surface area contributed by atoms with Gasteiger partial charge in [-0.1, -0.05) is 24.3 Å². The third-order valence-electron chi connectivity index (χ3n) is 3.89. The van der Waals surface area contributed by atoms with Gasteiger partial charge in [-0.2, -0.15) is 5.26 Å². The Morgan fingerprint density at radius 3 is 2.48 bits per heavy atom. The zero-order valence-electron chi connectivity index (χ0n) is 14.6. The van der Waals surface area contributed by atoms with Gasteiger partial charge in [-0.25, -0.2) is 5.48 Å². The normalized spacial score (nSPS) is 10.0. The predicted octanol–water partition coefficient (Wildman–Crippen LogP) is 3.43. The molecule has 3 aromatic rings. The van der Waals surface area contributed by atoms with Crippen molar-refractivity contribution in [3.63, 3.8) is 0 Å². The van der Waals surface area contributed by atoms with Gasteiger partial charge in [0.15, 0.2) is 0 Å². The Hall–Kier alpha value is -3.69. The Balaban J connectivity index is 1.57. The van der Waals surface area contributed by atoms with Gasteiger partial charge in [-0.15, -0.1) is 0 Å². The largest absolute Gasteiger partial charge is 0.380 e. The molecule has 0 atom stereocenters.